The summed E-state index contributed by atoms with van der Waals surface area (Å²) in [4.78, 5) is 11.0. The molecule has 1 aliphatic carbocycles. The van der Waals surface area contributed by atoms with Gasteiger partial charge in [0.1, 0.15) is 0 Å². The molecule has 0 aliphatic heterocycles. The lowest BCUT2D eigenvalue weighted by Gasteiger charge is -2.00. The summed E-state index contributed by atoms with van der Waals surface area (Å²) in [5.74, 6) is 0.231. The molecule has 0 saturated heterocycles. The summed E-state index contributed by atoms with van der Waals surface area (Å²) < 4.78 is 0. The van der Waals surface area contributed by atoms with E-state index in [0.29, 0.717) is 12.5 Å². The minimum Gasteiger partial charge on any atom is -0.353 e. The first-order valence-electron chi connectivity index (χ1n) is 4.40. The first-order valence-corrected chi connectivity index (χ1v) is 4.40. The number of hydrogen-bond acceptors (Lipinski definition) is 1. The van der Waals surface area contributed by atoms with Crippen molar-refractivity contribution < 1.29 is 10.1 Å². The summed E-state index contributed by atoms with van der Waals surface area (Å²) in [5, 5.41) is 5.06. The van der Waals surface area contributed by atoms with E-state index in [1.165, 1.54) is 12.8 Å². The normalized spacial score (nSPS) is 16.5. The number of quaternary nitrogens is 1. The quantitative estimate of drug-likeness (QED) is 0.506. The van der Waals surface area contributed by atoms with Gasteiger partial charge in [0, 0.05) is 18.9 Å². The van der Waals surface area contributed by atoms with Crippen molar-refractivity contribution in [2.45, 2.75) is 31.7 Å². The van der Waals surface area contributed by atoms with Crippen molar-refractivity contribution in [1.29, 1.82) is 0 Å². The third kappa shape index (κ3) is 3.98. The third-order valence-corrected chi connectivity index (χ3v) is 1.84. The zero-order chi connectivity index (χ0) is 8.10. The van der Waals surface area contributed by atoms with Gasteiger partial charge in [-0.3, -0.25) is 4.79 Å². The Balaban J connectivity index is 1.92. The molecule has 0 aromatic carbocycles. The molecule has 11 heavy (non-hydrogen) atoms. The fourth-order valence-corrected chi connectivity index (χ4v) is 0.994. The van der Waals surface area contributed by atoms with Crippen LogP contribution in [0.5, 0.6) is 0 Å². The summed E-state index contributed by atoms with van der Waals surface area (Å²) >= 11 is 0. The number of carbonyl (C=O) groups is 1. The van der Waals surface area contributed by atoms with Crippen molar-refractivity contribution in [2.24, 2.45) is 0 Å². The highest BCUT2D eigenvalue weighted by molar-refractivity contribution is 5.76. The summed E-state index contributed by atoms with van der Waals surface area (Å²) in [5.41, 5.74) is 0. The fraction of sp³-hybridized carbons (Fsp3) is 0.875. The molecule has 0 aromatic rings. The van der Waals surface area contributed by atoms with E-state index in [1.54, 1.807) is 0 Å². The average Bonchev–Trinajstić information content (AvgIpc) is 2.72. The Bertz CT molecular complexity index is 132. The lowest BCUT2D eigenvalue weighted by atomic mass is 10.3. The Kier molecular flexibility index (Phi) is 3.36. The maximum Gasteiger partial charge on any atom is 0.220 e. The molecule has 1 amide bonds. The maximum atomic E-state index is 11.0. The minimum atomic E-state index is 0.231. The van der Waals surface area contributed by atoms with E-state index in [4.69, 9.17) is 0 Å². The standard InChI is InChI=1S/C8H16N2O/c1-9-6-2-3-8(11)10-7-4-5-7/h7,9H,2-6H2,1H3,(H,10,11)/p+1. The van der Waals surface area contributed by atoms with Gasteiger partial charge in [-0.2, -0.15) is 0 Å². The molecule has 1 fully saturated rings. The second-order valence-electron chi connectivity index (χ2n) is 3.14. The summed E-state index contributed by atoms with van der Waals surface area (Å²) in [6.07, 6.45) is 4.06. The van der Waals surface area contributed by atoms with Crippen molar-refractivity contribution in [3.05, 3.63) is 0 Å². The van der Waals surface area contributed by atoms with E-state index in [1.807, 2.05) is 7.05 Å². The monoisotopic (exact) mass is 157 g/mol. The van der Waals surface area contributed by atoms with Gasteiger partial charge in [-0.25, -0.2) is 0 Å². The van der Waals surface area contributed by atoms with Crippen molar-refractivity contribution in [2.75, 3.05) is 13.6 Å². The molecule has 0 heterocycles. The van der Waals surface area contributed by atoms with Crippen LogP contribution in [0.3, 0.4) is 0 Å². The number of amides is 1. The van der Waals surface area contributed by atoms with E-state index in [2.05, 4.69) is 10.6 Å². The van der Waals surface area contributed by atoms with Gasteiger partial charge in [0.2, 0.25) is 5.91 Å². The number of rotatable bonds is 5. The van der Waals surface area contributed by atoms with E-state index < -0.39 is 0 Å². The first-order chi connectivity index (χ1) is 5.33. The van der Waals surface area contributed by atoms with Gasteiger partial charge >= 0.3 is 0 Å². The Labute approximate surface area is 67.5 Å². The average molecular weight is 157 g/mol. The van der Waals surface area contributed by atoms with Crippen LogP contribution < -0.4 is 10.6 Å². The minimum absolute atomic E-state index is 0.231. The number of carbonyl (C=O) groups excluding carboxylic acids is 1. The van der Waals surface area contributed by atoms with E-state index in [-0.39, 0.29) is 5.91 Å². The Morgan fingerprint density at radius 3 is 2.91 bits per heavy atom. The molecule has 0 radical (unpaired) electrons. The van der Waals surface area contributed by atoms with Gasteiger partial charge in [0.15, 0.2) is 0 Å². The molecule has 0 atom stereocenters. The van der Waals surface area contributed by atoms with Crippen LogP contribution in [-0.4, -0.2) is 25.5 Å². The number of nitrogens with one attached hydrogen (secondary N) is 1. The van der Waals surface area contributed by atoms with Gasteiger partial charge in [0.05, 0.1) is 13.6 Å². The fourth-order valence-electron chi connectivity index (χ4n) is 0.994. The zero-order valence-electron chi connectivity index (χ0n) is 7.10. The smallest absolute Gasteiger partial charge is 0.220 e. The van der Waals surface area contributed by atoms with Gasteiger partial charge in [-0.15, -0.1) is 0 Å². The van der Waals surface area contributed by atoms with Crippen LogP contribution in [0.15, 0.2) is 0 Å². The zero-order valence-corrected chi connectivity index (χ0v) is 7.10. The van der Waals surface area contributed by atoms with Crippen LogP contribution in [0.4, 0.5) is 0 Å². The molecule has 0 bridgehead atoms. The van der Waals surface area contributed by atoms with Gasteiger partial charge < -0.3 is 10.6 Å². The molecule has 64 valence electrons. The molecular formula is C8H17N2O+. The van der Waals surface area contributed by atoms with Crippen LogP contribution in [0.1, 0.15) is 25.7 Å². The molecule has 3 heteroatoms. The largest absolute Gasteiger partial charge is 0.353 e. The van der Waals surface area contributed by atoms with Crippen molar-refractivity contribution >= 4 is 5.91 Å². The number of hydrogen-bond donors (Lipinski definition) is 2. The molecule has 3 N–H and O–H groups in total. The SMILES string of the molecule is C[NH2+]CCCC(=O)NC1CC1. The number of nitrogens with two attached hydrogens (primary N) is 1. The molecule has 0 spiro atoms. The van der Waals surface area contributed by atoms with E-state index >= 15 is 0 Å². The van der Waals surface area contributed by atoms with Gasteiger partial charge in [-0.05, 0) is 12.8 Å². The highest BCUT2D eigenvalue weighted by Crippen LogP contribution is 2.18. The molecule has 3 nitrogen and oxygen atoms in total. The molecule has 1 aliphatic rings. The molecule has 1 rings (SSSR count). The molecule has 0 aromatic heterocycles. The predicted molar refractivity (Wildman–Crippen MR) is 43.1 cm³/mol. The lowest BCUT2D eigenvalue weighted by molar-refractivity contribution is -0.627. The summed E-state index contributed by atoms with van der Waals surface area (Å²) in [6, 6.07) is 0.521. The Hall–Kier alpha value is -0.570. The second kappa shape index (κ2) is 4.34. The highest BCUT2D eigenvalue weighted by Gasteiger charge is 2.22. The predicted octanol–water partition coefficient (Wildman–Crippen LogP) is -0.762. The maximum absolute atomic E-state index is 11.0. The summed E-state index contributed by atoms with van der Waals surface area (Å²) in [6.45, 7) is 1.05. The highest BCUT2D eigenvalue weighted by atomic mass is 16.1. The molecular weight excluding hydrogens is 140 g/mol. The van der Waals surface area contributed by atoms with Crippen LogP contribution in [0.2, 0.25) is 0 Å². The summed E-state index contributed by atoms with van der Waals surface area (Å²) in [7, 11) is 2.03. The van der Waals surface area contributed by atoms with Crippen LogP contribution >= 0.6 is 0 Å². The first kappa shape index (κ1) is 8.53. The molecule has 1 saturated carbocycles. The molecule has 0 unspecified atom stereocenters. The Morgan fingerprint density at radius 1 is 1.64 bits per heavy atom. The topological polar surface area (TPSA) is 45.7 Å². The van der Waals surface area contributed by atoms with Crippen LogP contribution in [0, 0.1) is 0 Å². The van der Waals surface area contributed by atoms with Gasteiger partial charge in [-0.1, -0.05) is 0 Å². The lowest BCUT2D eigenvalue weighted by Crippen LogP contribution is -2.79. The Morgan fingerprint density at radius 2 is 2.36 bits per heavy atom. The van der Waals surface area contributed by atoms with Gasteiger partial charge in [0.25, 0.3) is 0 Å². The van der Waals surface area contributed by atoms with Crippen molar-refractivity contribution in [3.63, 3.8) is 0 Å². The third-order valence-electron chi connectivity index (χ3n) is 1.84. The second-order valence-corrected chi connectivity index (χ2v) is 3.14. The van der Waals surface area contributed by atoms with E-state index in [0.717, 1.165) is 13.0 Å². The van der Waals surface area contributed by atoms with Crippen LogP contribution in [-0.2, 0) is 4.79 Å². The van der Waals surface area contributed by atoms with E-state index in [9.17, 15) is 4.79 Å². The van der Waals surface area contributed by atoms with Crippen molar-refractivity contribution in [1.82, 2.24) is 5.32 Å². The van der Waals surface area contributed by atoms with Crippen molar-refractivity contribution in [3.8, 4) is 0 Å². The van der Waals surface area contributed by atoms with Crippen LogP contribution in [0.25, 0.3) is 0 Å².